The van der Waals surface area contributed by atoms with Gasteiger partial charge in [-0.25, -0.2) is 0 Å². The molecule has 0 saturated carbocycles. The third-order valence-corrected chi connectivity index (χ3v) is 7.64. The quantitative estimate of drug-likeness (QED) is 0.469. The van der Waals surface area contributed by atoms with Crippen molar-refractivity contribution in [1.29, 1.82) is 0 Å². The van der Waals surface area contributed by atoms with E-state index in [9.17, 15) is 0 Å². The van der Waals surface area contributed by atoms with Gasteiger partial charge in [-0.2, -0.15) is 0 Å². The van der Waals surface area contributed by atoms with Crippen LogP contribution >= 0.6 is 0 Å². The molecule has 0 aliphatic carbocycles. The first-order valence-corrected chi connectivity index (χ1v) is 7.41. The number of rotatable bonds is 0. The van der Waals surface area contributed by atoms with Gasteiger partial charge in [0.1, 0.15) is 0 Å². The summed E-state index contributed by atoms with van der Waals surface area (Å²) in [7, 11) is -0.694. The summed E-state index contributed by atoms with van der Waals surface area (Å²) in [4.78, 5) is 0. The van der Waals surface area contributed by atoms with E-state index >= 15 is 0 Å². The Kier molecular flexibility index (Phi) is 3.64. The summed E-state index contributed by atoms with van der Waals surface area (Å²) in [6.45, 7) is 7.53. The number of hydrogen-bond acceptors (Lipinski definition) is 0. The van der Waals surface area contributed by atoms with E-state index in [1.54, 1.807) is 6.04 Å². The highest BCUT2D eigenvalue weighted by Gasteiger charge is 2.30. The largest absolute Gasteiger partial charge is 0.0776 e. The second-order valence-electron chi connectivity index (χ2n) is 4.14. The lowest BCUT2D eigenvalue weighted by molar-refractivity contribution is 0.635. The predicted octanol–water partition coefficient (Wildman–Crippen LogP) is 3.90. The van der Waals surface area contributed by atoms with Gasteiger partial charge in [0, 0.05) is 0 Å². The second-order valence-corrected chi connectivity index (χ2v) is 9.60. The SMILES string of the molecule is C.CC1CCCC[Si]1(C)C. The van der Waals surface area contributed by atoms with E-state index in [4.69, 9.17) is 0 Å². The summed E-state index contributed by atoms with van der Waals surface area (Å²) in [5.74, 6) is 0. The van der Waals surface area contributed by atoms with E-state index < -0.39 is 8.07 Å². The van der Waals surface area contributed by atoms with Gasteiger partial charge >= 0.3 is 0 Å². The van der Waals surface area contributed by atoms with Gasteiger partial charge in [-0.1, -0.05) is 52.8 Å². The van der Waals surface area contributed by atoms with Crippen LogP contribution in [0.3, 0.4) is 0 Å². The van der Waals surface area contributed by atoms with Crippen LogP contribution in [0.1, 0.15) is 33.6 Å². The molecule has 1 heterocycles. The Morgan fingerprint density at radius 1 is 1.20 bits per heavy atom. The van der Waals surface area contributed by atoms with E-state index in [0.29, 0.717) is 0 Å². The molecule has 0 N–H and O–H groups in total. The van der Waals surface area contributed by atoms with E-state index in [1.165, 1.54) is 19.3 Å². The summed E-state index contributed by atoms with van der Waals surface area (Å²) in [6.07, 6.45) is 4.53. The lowest BCUT2D eigenvalue weighted by Gasteiger charge is -2.34. The molecule has 0 amide bonds. The van der Waals surface area contributed by atoms with Gasteiger partial charge in [0.2, 0.25) is 0 Å². The van der Waals surface area contributed by atoms with E-state index in [-0.39, 0.29) is 7.43 Å². The average molecular weight is 158 g/mol. The first-order chi connectivity index (χ1) is 4.13. The Bertz CT molecular complexity index is 96.9. The molecule has 10 heavy (non-hydrogen) atoms. The Morgan fingerprint density at radius 2 is 1.80 bits per heavy atom. The summed E-state index contributed by atoms with van der Waals surface area (Å²) in [5.41, 5.74) is 1.09. The van der Waals surface area contributed by atoms with Gasteiger partial charge < -0.3 is 0 Å². The smallest absolute Gasteiger partial charge is 0.0502 e. The minimum Gasteiger partial charge on any atom is -0.0776 e. The zero-order valence-corrected chi connectivity index (χ0v) is 7.91. The van der Waals surface area contributed by atoms with Gasteiger partial charge in [-0.3, -0.25) is 0 Å². The Labute approximate surface area is 67.0 Å². The first kappa shape index (κ1) is 10.2. The third kappa shape index (κ3) is 2.12. The van der Waals surface area contributed by atoms with Crippen molar-refractivity contribution in [1.82, 2.24) is 0 Å². The summed E-state index contributed by atoms with van der Waals surface area (Å²) in [5, 5.41) is 0. The monoisotopic (exact) mass is 158 g/mol. The maximum atomic E-state index is 2.54. The molecule has 1 aliphatic heterocycles. The summed E-state index contributed by atoms with van der Waals surface area (Å²) < 4.78 is 0. The van der Waals surface area contributed by atoms with E-state index in [0.717, 1.165) is 5.54 Å². The highest BCUT2D eigenvalue weighted by Crippen LogP contribution is 2.36. The van der Waals surface area contributed by atoms with Gasteiger partial charge in [-0.15, -0.1) is 0 Å². The molecule has 1 saturated heterocycles. The zero-order chi connectivity index (χ0) is 6.91. The zero-order valence-electron chi connectivity index (χ0n) is 6.91. The van der Waals surface area contributed by atoms with Crippen LogP contribution in [-0.4, -0.2) is 8.07 Å². The molecule has 0 spiro atoms. The van der Waals surface area contributed by atoms with Gasteiger partial charge in [0.05, 0.1) is 8.07 Å². The maximum absolute atomic E-state index is 2.54. The van der Waals surface area contributed by atoms with Crippen LogP contribution in [0, 0.1) is 0 Å². The predicted molar refractivity (Wildman–Crippen MR) is 52.3 cm³/mol. The van der Waals surface area contributed by atoms with E-state index in [1.807, 2.05) is 0 Å². The van der Waals surface area contributed by atoms with Gasteiger partial charge in [-0.05, 0) is 5.54 Å². The molecule has 1 atom stereocenters. The molecule has 0 bridgehead atoms. The molecule has 1 heteroatoms. The third-order valence-electron chi connectivity index (χ3n) is 3.04. The fourth-order valence-electron chi connectivity index (χ4n) is 1.67. The highest BCUT2D eigenvalue weighted by molar-refractivity contribution is 6.78. The fourth-order valence-corrected chi connectivity index (χ4v) is 4.31. The topological polar surface area (TPSA) is 0 Å². The Hall–Kier alpha value is 0.217. The van der Waals surface area contributed by atoms with Crippen LogP contribution in [0.4, 0.5) is 0 Å². The van der Waals surface area contributed by atoms with Crippen molar-refractivity contribution in [3.63, 3.8) is 0 Å². The lowest BCUT2D eigenvalue weighted by Crippen LogP contribution is -2.33. The Balaban J connectivity index is 0.000000810. The second kappa shape index (κ2) is 3.56. The minimum atomic E-state index is -0.694. The molecule has 1 fully saturated rings. The van der Waals surface area contributed by atoms with Gasteiger partial charge in [0.15, 0.2) is 0 Å². The molecule has 1 rings (SSSR count). The molecule has 1 aliphatic rings. The molecular formula is C9H22Si. The van der Waals surface area contributed by atoms with Gasteiger partial charge in [0.25, 0.3) is 0 Å². The van der Waals surface area contributed by atoms with Crippen LogP contribution in [0.25, 0.3) is 0 Å². The van der Waals surface area contributed by atoms with Crippen LogP contribution in [-0.2, 0) is 0 Å². The molecule has 0 aromatic carbocycles. The molecule has 0 radical (unpaired) electrons. The highest BCUT2D eigenvalue weighted by atomic mass is 28.3. The normalized spacial score (nSPS) is 30.9. The lowest BCUT2D eigenvalue weighted by atomic mass is 10.2. The van der Waals surface area contributed by atoms with Crippen molar-refractivity contribution < 1.29 is 0 Å². The minimum absolute atomic E-state index is 0. The van der Waals surface area contributed by atoms with Crippen molar-refractivity contribution in [2.75, 3.05) is 0 Å². The summed E-state index contributed by atoms with van der Waals surface area (Å²) >= 11 is 0. The van der Waals surface area contributed by atoms with Crippen LogP contribution in [0.15, 0.2) is 0 Å². The molecule has 0 aromatic heterocycles. The molecule has 62 valence electrons. The van der Waals surface area contributed by atoms with Crippen LogP contribution in [0.5, 0.6) is 0 Å². The van der Waals surface area contributed by atoms with Crippen molar-refractivity contribution in [2.24, 2.45) is 0 Å². The van der Waals surface area contributed by atoms with E-state index in [2.05, 4.69) is 20.0 Å². The molecule has 1 unspecified atom stereocenters. The van der Waals surface area contributed by atoms with Crippen LogP contribution < -0.4 is 0 Å². The Morgan fingerprint density at radius 3 is 2.10 bits per heavy atom. The van der Waals surface area contributed by atoms with Crippen molar-refractivity contribution >= 4 is 8.07 Å². The molecular weight excluding hydrogens is 136 g/mol. The van der Waals surface area contributed by atoms with Crippen molar-refractivity contribution in [2.45, 2.75) is 58.3 Å². The number of hydrogen-bond donors (Lipinski definition) is 0. The molecule has 0 aromatic rings. The standard InChI is InChI=1S/C8H18Si.CH4/c1-8-6-4-5-7-9(8,2)3;/h8H,4-7H2,1-3H3;1H4. The summed E-state index contributed by atoms with van der Waals surface area (Å²) in [6, 6.07) is 1.58. The van der Waals surface area contributed by atoms with Crippen molar-refractivity contribution in [3.05, 3.63) is 0 Å². The fraction of sp³-hybridized carbons (Fsp3) is 1.00. The van der Waals surface area contributed by atoms with Crippen molar-refractivity contribution in [3.8, 4) is 0 Å². The molecule has 0 nitrogen and oxygen atoms in total. The maximum Gasteiger partial charge on any atom is 0.0502 e. The van der Waals surface area contributed by atoms with Crippen LogP contribution in [0.2, 0.25) is 24.7 Å². The first-order valence-electron chi connectivity index (χ1n) is 4.13. The average Bonchev–Trinajstić information content (AvgIpc) is 1.77.